The molecule has 9 heteroatoms. The highest BCUT2D eigenvalue weighted by atomic mass is 127. The zero-order chi connectivity index (χ0) is 17.6. The van der Waals surface area contributed by atoms with E-state index in [1.807, 2.05) is 6.92 Å². The van der Waals surface area contributed by atoms with E-state index in [-0.39, 0.29) is 29.4 Å². The second kappa shape index (κ2) is 9.73. The fraction of sp³-hybridized carbons (Fsp3) is 0.625. The minimum absolute atomic E-state index is 0. The van der Waals surface area contributed by atoms with Gasteiger partial charge in [-0.2, -0.15) is 4.98 Å². The van der Waals surface area contributed by atoms with E-state index in [2.05, 4.69) is 51.5 Å². The van der Waals surface area contributed by atoms with Crippen LogP contribution in [0.1, 0.15) is 50.6 Å². The largest absolute Gasteiger partial charge is 0.443 e. The van der Waals surface area contributed by atoms with Crippen LogP contribution in [0.25, 0.3) is 0 Å². The molecule has 2 aromatic rings. The Hall–Kier alpha value is -1.65. The molecule has 25 heavy (non-hydrogen) atoms. The highest BCUT2D eigenvalue weighted by Gasteiger charge is 2.19. The molecule has 0 atom stereocenters. The summed E-state index contributed by atoms with van der Waals surface area (Å²) < 4.78 is 10.8. The molecule has 2 N–H and O–H groups in total. The number of hydrogen-bond donors (Lipinski definition) is 2. The van der Waals surface area contributed by atoms with Crippen molar-refractivity contribution in [2.75, 3.05) is 13.6 Å². The second-order valence-corrected chi connectivity index (χ2v) is 6.56. The van der Waals surface area contributed by atoms with Crippen LogP contribution in [-0.2, 0) is 18.4 Å². The lowest BCUT2D eigenvalue weighted by molar-refractivity contribution is 0.372. The van der Waals surface area contributed by atoms with Gasteiger partial charge in [-0.15, -0.1) is 24.0 Å². The number of aryl methyl sites for hydroxylation is 2. The molecule has 2 heterocycles. The molecule has 0 aliphatic heterocycles. The van der Waals surface area contributed by atoms with Crippen molar-refractivity contribution in [3.63, 3.8) is 0 Å². The summed E-state index contributed by atoms with van der Waals surface area (Å²) in [5, 5.41) is 10.2. The Labute approximate surface area is 165 Å². The van der Waals surface area contributed by atoms with Gasteiger partial charge >= 0.3 is 0 Å². The third kappa shape index (κ3) is 7.00. The lowest BCUT2D eigenvalue weighted by Crippen LogP contribution is -2.37. The first-order valence-corrected chi connectivity index (χ1v) is 8.07. The molecule has 0 fully saturated rings. The summed E-state index contributed by atoms with van der Waals surface area (Å²) in [4.78, 5) is 12.6. The van der Waals surface area contributed by atoms with Crippen molar-refractivity contribution in [3.05, 3.63) is 29.6 Å². The van der Waals surface area contributed by atoms with E-state index < -0.39 is 0 Å². The third-order valence-corrected chi connectivity index (χ3v) is 3.35. The van der Waals surface area contributed by atoms with Gasteiger partial charge in [0.05, 0.1) is 12.7 Å². The van der Waals surface area contributed by atoms with Crippen molar-refractivity contribution in [2.45, 2.75) is 52.5 Å². The molecule has 0 saturated carbocycles. The average Bonchev–Trinajstić information content (AvgIpc) is 3.15. The summed E-state index contributed by atoms with van der Waals surface area (Å²) in [6, 6.07) is 0. The number of nitrogens with one attached hydrogen (secondary N) is 2. The van der Waals surface area contributed by atoms with Gasteiger partial charge in [0.15, 0.2) is 11.8 Å². The maximum atomic E-state index is 5.74. The zero-order valence-electron chi connectivity index (χ0n) is 15.4. The van der Waals surface area contributed by atoms with E-state index in [0.29, 0.717) is 30.1 Å². The van der Waals surface area contributed by atoms with Gasteiger partial charge in [-0.1, -0.05) is 25.9 Å². The predicted molar refractivity (Wildman–Crippen MR) is 106 cm³/mol. The van der Waals surface area contributed by atoms with E-state index in [0.717, 1.165) is 25.1 Å². The summed E-state index contributed by atoms with van der Waals surface area (Å²) in [6.07, 6.45) is 3.38. The lowest BCUT2D eigenvalue weighted by atomic mass is 9.94. The number of aromatic nitrogens is 3. The summed E-state index contributed by atoms with van der Waals surface area (Å²) in [6.45, 7) is 9.32. The third-order valence-electron chi connectivity index (χ3n) is 3.35. The fourth-order valence-electron chi connectivity index (χ4n) is 2.01. The molecule has 2 rings (SSSR count). The highest BCUT2D eigenvalue weighted by molar-refractivity contribution is 14.0. The molecule has 0 saturated heterocycles. The number of aliphatic imine (C=N–C) groups is 1. The Morgan fingerprint density at radius 3 is 2.56 bits per heavy atom. The van der Waals surface area contributed by atoms with Crippen LogP contribution in [-0.4, -0.2) is 34.7 Å². The molecule has 0 spiro atoms. The van der Waals surface area contributed by atoms with Gasteiger partial charge < -0.3 is 19.6 Å². The lowest BCUT2D eigenvalue weighted by Gasteiger charge is -2.13. The quantitative estimate of drug-likeness (QED) is 0.295. The van der Waals surface area contributed by atoms with E-state index in [9.17, 15) is 0 Å². The number of hydrogen-bond acceptors (Lipinski definition) is 6. The molecule has 140 valence electrons. The van der Waals surface area contributed by atoms with Crippen LogP contribution < -0.4 is 10.6 Å². The van der Waals surface area contributed by atoms with Crippen molar-refractivity contribution in [1.29, 1.82) is 0 Å². The number of nitrogens with zero attached hydrogens (tertiary/aromatic N) is 4. The van der Waals surface area contributed by atoms with Crippen molar-refractivity contribution in [3.8, 4) is 0 Å². The Bertz CT molecular complexity index is 674. The van der Waals surface area contributed by atoms with Crippen LogP contribution in [0.2, 0.25) is 0 Å². The molecular weight excluding hydrogens is 435 g/mol. The van der Waals surface area contributed by atoms with Gasteiger partial charge in [0.2, 0.25) is 11.8 Å². The first-order valence-electron chi connectivity index (χ1n) is 8.07. The molecule has 0 radical (unpaired) electrons. The van der Waals surface area contributed by atoms with Crippen molar-refractivity contribution >= 4 is 29.9 Å². The van der Waals surface area contributed by atoms with Crippen LogP contribution in [0.3, 0.4) is 0 Å². The molecule has 0 aliphatic carbocycles. The molecular formula is C16H27IN6O2. The normalized spacial score (nSPS) is 12.0. The monoisotopic (exact) mass is 462 g/mol. The van der Waals surface area contributed by atoms with Crippen molar-refractivity contribution < 1.29 is 8.94 Å². The minimum Gasteiger partial charge on any atom is -0.443 e. The Morgan fingerprint density at radius 2 is 2.00 bits per heavy atom. The first-order chi connectivity index (χ1) is 11.4. The molecule has 2 aromatic heterocycles. The summed E-state index contributed by atoms with van der Waals surface area (Å²) in [7, 11) is 1.73. The fourth-order valence-corrected chi connectivity index (χ4v) is 2.01. The van der Waals surface area contributed by atoms with Gasteiger partial charge in [-0.25, -0.2) is 4.98 Å². The van der Waals surface area contributed by atoms with E-state index in [1.54, 1.807) is 13.2 Å². The summed E-state index contributed by atoms with van der Waals surface area (Å²) >= 11 is 0. The molecule has 0 aromatic carbocycles. The number of halogens is 1. The van der Waals surface area contributed by atoms with E-state index >= 15 is 0 Å². The maximum absolute atomic E-state index is 5.74. The molecule has 0 unspecified atom stereocenters. The van der Waals surface area contributed by atoms with Gasteiger partial charge in [0.1, 0.15) is 5.76 Å². The van der Waals surface area contributed by atoms with E-state index in [1.165, 1.54) is 0 Å². The summed E-state index contributed by atoms with van der Waals surface area (Å²) in [5.41, 5.74) is -0.0434. The predicted octanol–water partition coefficient (Wildman–Crippen LogP) is 2.58. The van der Waals surface area contributed by atoms with Crippen LogP contribution in [0, 0.1) is 6.92 Å². The molecule has 0 aliphatic rings. The average molecular weight is 462 g/mol. The smallest absolute Gasteiger partial charge is 0.226 e. The molecule has 0 bridgehead atoms. The first kappa shape index (κ1) is 21.4. The van der Waals surface area contributed by atoms with Crippen LogP contribution in [0.4, 0.5) is 0 Å². The van der Waals surface area contributed by atoms with Gasteiger partial charge in [0, 0.05) is 25.4 Å². The van der Waals surface area contributed by atoms with Gasteiger partial charge in [-0.05, 0) is 13.3 Å². The van der Waals surface area contributed by atoms with Crippen molar-refractivity contribution in [1.82, 2.24) is 25.8 Å². The van der Waals surface area contributed by atoms with E-state index in [4.69, 9.17) is 8.94 Å². The number of rotatable bonds is 6. The Kier molecular flexibility index (Phi) is 8.33. The Balaban J connectivity index is 0.00000312. The number of oxazole rings is 1. The van der Waals surface area contributed by atoms with Gasteiger partial charge in [-0.3, -0.25) is 4.99 Å². The highest BCUT2D eigenvalue weighted by Crippen LogP contribution is 2.22. The second-order valence-electron chi connectivity index (χ2n) is 6.56. The topological polar surface area (TPSA) is 101 Å². The molecule has 0 amide bonds. The van der Waals surface area contributed by atoms with Crippen LogP contribution in [0.5, 0.6) is 0 Å². The maximum Gasteiger partial charge on any atom is 0.226 e. The van der Waals surface area contributed by atoms with Crippen LogP contribution in [0.15, 0.2) is 20.1 Å². The SMILES string of the molecule is CN=C(NCCCc1nc(C)no1)NCc1ncc(C(C)(C)C)o1.I. The van der Waals surface area contributed by atoms with Crippen molar-refractivity contribution in [2.24, 2.45) is 4.99 Å². The standard InChI is InChI=1S/C16H26N6O2.HI/c1-11-21-13(24-22-11)7-6-8-18-15(17-5)20-10-14-19-9-12(23-14)16(2,3)4;/h9H,6-8,10H2,1-5H3,(H2,17,18,20);1H. The summed E-state index contributed by atoms with van der Waals surface area (Å²) in [5.74, 6) is 3.54. The van der Waals surface area contributed by atoms with Crippen LogP contribution >= 0.6 is 24.0 Å². The minimum atomic E-state index is -0.0434. The van der Waals surface area contributed by atoms with Gasteiger partial charge in [0.25, 0.3) is 0 Å². The molecule has 8 nitrogen and oxygen atoms in total. The Morgan fingerprint density at radius 1 is 1.24 bits per heavy atom. The zero-order valence-corrected chi connectivity index (χ0v) is 17.7. The number of guanidine groups is 1.